The Morgan fingerprint density at radius 2 is 1.92 bits per heavy atom. The van der Waals surface area contributed by atoms with Gasteiger partial charge in [0, 0.05) is 5.56 Å². The fourth-order valence-electron chi connectivity index (χ4n) is 2.40. The Bertz CT molecular complexity index is 828. The lowest BCUT2D eigenvalue weighted by atomic mass is 10.0. The summed E-state index contributed by atoms with van der Waals surface area (Å²) in [5.74, 6) is 0.291. The van der Waals surface area contributed by atoms with E-state index in [0.29, 0.717) is 23.3 Å². The van der Waals surface area contributed by atoms with Crippen molar-refractivity contribution in [3.63, 3.8) is 0 Å². The largest absolute Gasteiger partial charge is 0.508 e. The number of ketones is 1. The van der Waals surface area contributed by atoms with Crippen LogP contribution in [0.4, 0.5) is 0 Å². The second-order valence-corrected chi connectivity index (χ2v) is 5.92. The predicted octanol–water partition coefficient (Wildman–Crippen LogP) is 4.51. The Hall–Kier alpha value is -3.01. The third-order valence-corrected chi connectivity index (χ3v) is 3.74. The van der Waals surface area contributed by atoms with E-state index in [2.05, 4.69) is 0 Å². The molecule has 25 heavy (non-hydrogen) atoms. The molecule has 2 N–H and O–H groups in total. The predicted molar refractivity (Wildman–Crippen MR) is 99.3 cm³/mol. The van der Waals surface area contributed by atoms with Gasteiger partial charge < -0.3 is 14.9 Å². The zero-order chi connectivity index (χ0) is 18.4. The fourth-order valence-corrected chi connectivity index (χ4v) is 2.40. The minimum Gasteiger partial charge on any atom is -0.508 e. The molecule has 2 aromatic carbocycles. The highest BCUT2D eigenvalue weighted by Gasteiger charge is 2.16. The number of benzene rings is 2. The van der Waals surface area contributed by atoms with Gasteiger partial charge in [0.2, 0.25) is 0 Å². The Morgan fingerprint density at radius 1 is 1.16 bits per heavy atom. The van der Waals surface area contributed by atoms with Crippen LogP contribution in [0.3, 0.4) is 0 Å². The number of carbonyl (C=O) groups excluding carboxylic acids is 1. The first kappa shape index (κ1) is 18.3. The minimum atomic E-state index is -0.318. The van der Waals surface area contributed by atoms with Crippen LogP contribution in [0.5, 0.6) is 17.2 Å². The van der Waals surface area contributed by atoms with Gasteiger partial charge >= 0.3 is 0 Å². The molecule has 0 bridgehead atoms. The highest BCUT2D eigenvalue weighted by molar-refractivity contribution is 6.09. The second-order valence-electron chi connectivity index (χ2n) is 5.92. The molecule has 4 nitrogen and oxygen atoms in total. The van der Waals surface area contributed by atoms with Gasteiger partial charge in [0.25, 0.3) is 0 Å². The van der Waals surface area contributed by atoms with Crippen molar-refractivity contribution < 1.29 is 19.7 Å². The summed E-state index contributed by atoms with van der Waals surface area (Å²) in [7, 11) is 1.53. The maximum atomic E-state index is 12.4. The Labute approximate surface area is 147 Å². The lowest BCUT2D eigenvalue weighted by Gasteiger charge is -2.12. The van der Waals surface area contributed by atoms with Crippen LogP contribution >= 0.6 is 0 Å². The van der Waals surface area contributed by atoms with Crippen LogP contribution in [0.2, 0.25) is 0 Å². The van der Waals surface area contributed by atoms with Gasteiger partial charge in [-0.2, -0.15) is 0 Å². The maximum Gasteiger partial charge on any atom is 0.189 e. The Kier molecular flexibility index (Phi) is 6.01. The van der Waals surface area contributed by atoms with Gasteiger partial charge in [-0.25, -0.2) is 0 Å². The molecule has 0 saturated heterocycles. The van der Waals surface area contributed by atoms with E-state index in [4.69, 9.17) is 4.74 Å². The van der Waals surface area contributed by atoms with Crippen LogP contribution in [-0.4, -0.2) is 23.1 Å². The first-order chi connectivity index (χ1) is 11.9. The molecule has 0 fully saturated rings. The average Bonchev–Trinajstić information content (AvgIpc) is 2.58. The molecule has 0 saturated carbocycles. The lowest BCUT2D eigenvalue weighted by molar-refractivity contribution is 0.104. The van der Waals surface area contributed by atoms with Crippen LogP contribution in [0.15, 0.2) is 54.1 Å². The summed E-state index contributed by atoms with van der Waals surface area (Å²) < 4.78 is 5.29. The summed E-state index contributed by atoms with van der Waals surface area (Å²) >= 11 is 0. The van der Waals surface area contributed by atoms with Crippen LogP contribution in [0.25, 0.3) is 6.08 Å². The Balaban J connectivity index is 2.33. The molecule has 2 rings (SSSR count). The average molecular weight is 338 g/mol. The standard InChI is InChI=1S/C21H22O4/c1-14(2)7-9-18-20(25-3)12-10-17(21(18)24)19(23)11-8-15-5-4-6-16(22)13-15/h4-8,10-13,22,24H,9H2,1-3H3/b11-8+. The van der Waals surface area contributed by atoms with E-state index in [1.54, 1.807) is 42.5 Å². The molecule has 0 radical (unpaired) electrons. The van der Waals surface area contributed by atoms with E-state index in [-0.39, 0.29) is 22.8 Å². The van der Waals surface area contributed by atoms with E-state index in [0.717, 1.165) is 5.57 Å². The van der Waals surface area contributed by atoms with Crippen LogP contribution in [0, 0.1) is 0 Å². The molecule has 0 amide bonds. The molecular weight excluding hydrogens is 316 g/mol. The van der Waals surface area contributed by atoms with Crippen molar-refractivity contribution in [1.29, 1.82) is 0 Å². The highest BCUT2D eigenvalue weighted by Crippen LogP contribution is 2.32. The number of allylic oxidation sites excluding steroid dienone is 3. The molecule has 0 heterocycles. The molecule has 0 aliphatic carbocycles. The smallest absolute Gasteiger partial charge is 0.189 e. The number of phenolic OH excluding ortho intramolecular Hbond substituents is 2. The first-order valence-electron chi connectivity index (χ1n) is 7.96. The summed E-state index contributed by atoms with van der Waals surface area (Å²) in [6.45, 7) is 3.94. The number of hydrogen-bond acceptors (Lipinski definition) is 4. The number of aromatic hydroxyl groups is 2. The molecular formula is C21H22O4. The van der Waals surface area contributed by atoms with Crippen molar-refractivity contribution in [3.05, 3.63) is 70.8 Å². The van der Waals surface area contributed by atoms with Gasteiger partial charge in [0.05, 0.1) is 12.7 Å². The quantitative estimate of drug-likeness (QED) is 0.462. The number of phenols is 2. The zero-order valence-corrected chi connectivity index (χ0v) is 14.6. The van der Waals surface area contributed by atoms with Crippen LogP contribution in [-0.2, 0) is 6.42 Å². The van der Waals surface area contributed by atoms with Crippen molar-refractivity contribution >= 4 is 11.9 Å². The summed E-state index contributed by atoms with van der Waals surface area (Å²) in [6, 6.07) is 9.82. The minimum absolute atomic E-state index is 0.0672. The molecule has 2 aromatic rings. The normalized spacial score (nSPS) is 10.7. The second kappa shape index (κ2) is 8.20. The zero-order valence-electron chi connectivity index (χ0n) is 14.6. The van der Waals surface area contributed by atoms with Crippen molar-refractivity contribution in [2.75, 3.05) is 7.11 Å². The van der Waals surface area contributed by atoms with Crippen molar-refractivity contribution in [3.8, 4) is 17.2 Å². The molecule has 0 aliphatic rings. The van der Waals surface area contributed by atoms with Crippen LogP contribution in [0.1, 0.15) is 35.3 Å². The van der Waals surface area contributed by atoms with Crippen molar-refractivity contribution in [1.82, 2.24) is 0 Å². The van der Waals surface area contributed by atoms with Crippen molar-refractivity contribution in [2.45, 2.75) is 20.3 Å². The SMILES string of the molecule is COc1ccc(C(=O)/C=C/c2cccc(O)c2)c(O)c1CC=C(C)C. The summed E-state index contributed by atoms with van der Waals surface area (Å²) in [4.78, 5) is 12.4. The molecule has 0 unspecified atom stereocenters. The fraction of sp³-hybridized carbons (Fsp3) is 0.190. The summed E-state index contributed by atoms with van der Waals surface area (Å²) in [5.41, 5.74) is 2.61. The summed E-state index contributed by atoms with van der Waals surface area (Å²) in [5, 5.41) is 20.0. The molecule has 4 heteroatoms. The van der Waals surface area contributed by atoms with Gasteiger partial charge in [-0.05, 0) is 56.2 Å². The van der Waals surface area contributed by atoms with Gasteiger partial charge in [-0.3, -0.25) is 4.79 Å². The maximum absolute atomic E-state index is 12.4. The van der Waals surface area contributed by atoms with Gasteiger partial charge in [-0.1, -0.05) is 29.9 Å². The molecule has 0 atom stereocenters. The first-order valence-corrected chi connectivity index (χ1v) is 7.96. The monoisotopic (exact) mass is 338 g/mol. The van der Waals surface area contributed by atoms with Gasteiger partial charge in [0.15, 0.2) is 5.78 Å². The highest BCUT2D eigenvalue weighted by atomic mass is 16.5. The number of methoxy groups -OCH3 is 1. The van der Waals surface area contributed by atoms with E-state index >= 15 is 0 Å². The molecule has 0 aliphatic heterocycles. The van der Waals surface area contributed by atoms with Gasteiger partial charge in [-0.15, -0.1) is 0 Å². The number of ether oxygens (including phenoxy) is 1. The van der Waals surface area contributed by atoms with E-state index in [1.807, 2.05) is 19.9 Å². The Morgan fingerprint density at radius 3 is 2.56 bits per heavy atom. The lowest BCUT2D eigenvalue weighted by Crippen LogP contribution is -2.00. The molecule has 0 spiro atoms. The third kappa shape index (κ3) is 4.73. The topological polar surface area (TPSA) is 66.8 Å². The molecule has 0 aromatic heterocycles. The molecule has 130 valence electrons. The number of carbonyl (C=O) groups is 1. The van der Waals surface area contributed by atoms with Crippen LogP contribution < -0.4 is 4.74 Å². The van der Waals surface area contributed by atoms with Crippen molar-refractivity contribution in [2.24, 2.45) is 0 Å². The van der Waals surface area contributed by atoms with E-state index in [1.165, 1.54) is 13.2 Å². The number of hydrogen-bond donors (Lipinski definition) is 2. The van der Waals surface area contributed by atoms with Gasteiger partial charge in [0.1, 0.15) is 17.2 Å². The summed E-state index contributed by atoms with van der Waals surface area (Å²) in [6.07, 6.45) is 5.42. The third-order valence-electron chi connectivity index (χ3n) is 3.74. The van der Waals surface area contributed by atoms with E-state index in [9.17, 15) is 15.0 Å². The van der Waals surface area contributed by atoms with E-state index < -0.39 is 0 Å². The number of rotatable bonds is 6.